The molecule has 0 radical (unpaired) electrons. The fourth-order valence-corrected chi connectivity index (χ4v) is 2.88. The Morgan fingerprint density at radius 2 is 2.28 bits per heavy atom. The van der Waals surface area contributed by atoms with Crippen molar-refractivity contribution in [2.75, 3.05) is 7.11 Å². The molecule has 1 atom stereocenters. The van der Waals surface area contributed by atoms with Crippen LogP contribution in [0.25, 0.3) is 10.9 Å². The SMILES string of the molecule is COc1ccc2[nH]cc(C3CCCC(=O)C3)c2c1. The van der Waals surface area contributed by atoms with Crippen molar-refractivity contribution < 1.29 is 9.53 Å². The Bertz CT molecular complexity index is 585. The summed E-state index contributed by atoms with van der Waals surface area (Å²) in [5.74, 6) is 1.63. The van der Waals surface area contributed by atoms with Crippen LogP contribution < -0.4 is 4.74 Å². The number of methoxy groups -OCH3 is 1. The van der Waals surface area contributed by atoms with Crippen LogP contribution in [-0.4, -0.2) is 17.9 Å². The van der Waals surface area contributed by atoms with Gasteiger partial charge in [-0.25, -0.2) is 0 Å². The van der Waals surface area contributed by atoms with E-state index in [4.69, 9.17) is 4.74 Å². The minimum absolute atomic E-state index is 0.368. The van der Waals surface area contributed by atoms with E-state index >= 15 is 0 Å². The summed E-state index contributed by atoms with van der Waals surface area (Å²) in [6.45, 7) is 0. The summed E-state index contributed by atoms with van der Waals surface area (Å²) < 4.78 is 5.27. The second-order valence-electron chi connectivity index (χ2n) is 4.99. The van der Waals surface area contributed by atoms with Crippen molar-refractivity contribution >= 4 is 16.7 Å². The fraction of sp³-hybridized carbons (Fsp3) is 0.400. The van der Waals surface area contributed by atoms with Crippen molar-refractivity contribution in [1.29, 1.82) is 0 Å². The summed E-state index contributed by atoms with van der Waals surface area (Å²) in [5.41, 5.74) is 2.38. The average Bonchev–Trinajstić information content (AvgIpc) is 2.81. The van der Waals surface area contributed by atoms with E-state index < -0.39 is 0 Å². The van der Waals surface area contributed by atoms with E-state index in [-0.39, 0.29) is 0 Å². The van der Waals surface area contributed by atoms with Crippen LogP contribution in [0.2, 0.25) is 0 Å². The second kappa shape index (κ2) is 4.48. The van der Waals surface area contributed by atoms with Gasteiger partial charge in [0.15, 0.2) is 0 Å². The van der Waals surface area contributed by atoms with Crippen LogP contribution in [0.15, 0.2) is 24.4 Å². The second-order valence-corrected chi connectivity index (χ2v) is 4.99. The molecule has 1 aromatic heterocycles. The first kappa shape index (κ1) is 11.3. The molecule has 0 amide bonds. The largest absolute Gasteiger partial charge is 0.497 e. The van der Waals surface area contributed by atoms with Gasteiger partial charge in [-0.15, -0.1) is 0 Å². The van der Waals surface area contributed by atoms with Crippen LogP contribution in [0.5, 0.6) is 5.75 Å². The average molecular weight is 243 g/mol. The summed E-state index contributed by atoms with van der Waals surface area (Å²) in [6, 6.07) is 6.04. The van der Waals surface area contributed by atoms with Gasteiger partial charge in [-0.05, 0) is 42.5 Å². The summed E-state index contributed by atoms with van der Waals surface area (Å²) in [5, 5.41) is 1.19. The summed E-state index contributed by atoms with van der Waals surface area (Å²) in [6.07, 6.45) is 5.61. The van der Waals surface area contributed by atoms with Gasteiger partial charge in [0.05, 0.1) is 7.11 Å². The topological polar surface area (TPSA) is 42.1 Å². The number of carbonyl (C=O) groups is 1. The number of aromatic nitrogens is 1. The van der Waals surface area contributed by atoms with Gasteiger partial charge in [-0.3, -0.25) is 4.79 Å². The summed E-state index contributed by atoms with van der Waals surface area (Å²) in [4.78, 5) is 14.9. The molecule has 94 valence electrons. The molecule has 18 heavy (non-hydrogen) atoms. The maximum absolute atomic E-state index is 11.6. The zero-order valence-corrected chi connectivity index (χ0v) is 10.5. The van der Waals surface area contributed by atoms with Crippen molar-refractivity contribution in [3.63, 3.8) is 0 Å². The quantitative estimate of drug-likeness (QED) is 0.878. The molecule has 1 N–H and O–H groups in total. The summed E-state index contributed by atoms with van der Waals surface area (Å²) in [7, 11) is 1.68. The molecule has 1 aliphatic carbocycles. The Morgan fingerprint density at radius 1 is 1.39 bits per heavy atom. The first-order valence-corrected chi connectivity index (χ1v) is 6.44. The summed E-state index contributed by atoms with van der Waals surface area (Å²) >= 11 is 0. The molecule has 3 nitrogen and oxygen atoms in total. The lowest BCUT2D eigenvalue weighted by Gasteiger charge is -2.20. The number of fused-ring (bicyclic) bond motifs is 1. The van der Waals surface area contributed by atoms with Gasteiger partial charge in [-0.2, -0.15) is 0 Å². The van der Waals surface area contributed by atoms with E-state index in [0.29, 0.717) is 18.1 Å². The molecule has 0 bridgehead atoms. The number of ether oxygens (including phenoxy) is 1. The number of rotatable bonds is 2. The Balaban J connectivity index is 2.02. The van der Waals surface area contributed by atoms with Gasteiger partial charge < -0.3 is 9.72 Å². The Morgan fingerprint density at radius 3 is 3.06 bits per heavy atom. The zero-order chi connectivity index (χ0) is 12.5. The molecular formula is C15H17NO2. The molecule has 0 aliphatic heterocycles. The van der Waals surface area contributed by atoms with E-state index in [9.17, 15) is 4.79 Å². The molecule has 1 fully saturated rings. The molecule has 1 unspecified atom stereocenters. The number of Topliss-reactive ketones (excluding diaryl/α,β-unsaturated/α-hetero) is 1. The highest BCUT2D eigenvalue weighted by molar-refractivity contribution is 5.87. The van der Waals surface area contributed by atoms with Gasteiger partial charge in [0.2, 0.25) is 0 Å². The highest BCUT2D eigenvalue weighted by atomic mass is 16.5. The molecule has 1 aromatic carbocycles. The van der Waals surface area contributed by atoms with Gasteiger partial charge >= 0.3 is 0 Å². The Labute approximate surface area is 106 Å². The van der Waals surface area contributed by atoms with E-state index in [0.717, 1.165) is 30.5 Å². The molecule has 3 heteroatoms. The number of carbonyl (C=O) groups excluding carboxylic acids is 1. The third-order valence-corrected chi connectivity index (χ3v) is 3.84. The Kier molecular flexibility index (Phi) is 2.82. The first-order valence-electron chi connectivity index (χ1n) is 6.44. The monoisotopic (exact) mass is 243 g/mol. The predicted molar refractivity (Wildman–Crippen MR) is 71.1 cm³/mol. The van der Waals surface area contributed by atoms with Gasteiger partial charge in [0.25, 0.3) is 0 Å². The van der Waals surface area contributed by atoms with Crippen LogP contribution in [-0.2, 0) is 4.79 Å². The normalized spacial score (nSPS) is 20.3. The van der Waals surface area contributed by atoms with Crippen molar-refractivity contribution in [1.82, 2.24) is 4.98 Å². The lowest BCUT2D eigenvalue weighted by atomic mass is 9.83. The van der Waals surface area contributed by atoms with Crippen molar-refractivity contribution in [3.05, 3.63) is 30.0 Å². The molecule has 1 heterocycles. The predicted octanol–water partition coefficient (Wildman–Crippen LogP) is 3.40. The number of ketones is 1. The minimum Gasteiger partial charge on any atom is -0.497 e. The molecule has 1 saturated carbocycles. The van der Waals surface area contributed by atoms with Gasteiger partial charge in [0.1, 0.15) is 11.5 Å². The van der Waals surface area contributed by atoms with Crippen molar-refractivity contribution in [2.45, 2.75) is 31.6 Å². The number of benzene rings is 1. The molecule has 3 rings (SSSR count). The van der Waals surface area contributed by atoms with Gasteiger partial charge in [0, 0.05) is 29.9 Å². The lowest BCUT2D eigenvalue weighted by Crippen LogP contribution is -2.12. The lowest BCUT2D eigenvalue weighted by molar-refractivity contribution is -0.120. The van der Waals surface area contributed by atoms with Crippen molar-refractivity contribution in [3.8, 4) is 5.75 Å². The molecular weight excluding hydrogens is 226 g/mol. The van der Waals surface area contributed by atoms with Crippen LogP contribution in [0.1, 0.15) is 37.2 Å². The first-order chi connectivity index (χ1) is 8.78. The number of H-pyrrole nitrogens is 1. The number of hydrogen-bond donors (Lipinski definition) is 1. The highest BCUT2D eigenvalue weighted by Crippen LogP contribution is 2.36. The fourth-order valence-electron chi connectivity index (χ4n) is 2.88. The van der Waals surface area contributed by atoms with Crippen LogP contribution in [0.3, 0.4) is 0 Å². The van der Waals surface area contributed by atoms with E-state index in [1.807, 2.05) is 18.3 Å². The number of hydrogen-bond acceptors (Lipinski definition) is 2. The maximum Gasteiger partial charge on any atom is 0.133 e. The molecule has 2 aromatic rings. The van der Waals surface area contributed by atoms with E-state index in [2.05, 4.69) is 11.1 Å². The Hall–Kier alpha value is -1.77. The highest BCUT2D eigenvalue weighted by Gasteiger charge is 2.23. The van der Waals surface area contributed by atoms with Crippen LogP contribution in [0, 0.1) is 0 Å². The third-order valence-electron chi connectivity index (χ3n) is 3.84. The smallest absolute Gasteiger partial charge is 0.133 e. The minimum atomic E-state index is 0.368. The van der Waals surface area contributed by atoms with Crippen LogP contribution in [0.4, 0.5) is 0 Å². The molecule has 0 spiro atoms. The maximum atomic E-state index is 11.6. The third kappa shape index (κ3) is 1.90. The molecule has 0 saturated heterocycles. The number of nitrogens with one attached hydrogen (secondary N) is 1. The van der Waals surface area contributed by atoms with Crippen molar-refractivity contribution in [2.24, 2.45) is 0 Å². The standard InChI is InChI=1S/C15H17NO2/c1-18-12-5-6-15-13(8-12)14(9-16-15)10-3-2-4-11(17)7-10/h5-6,8-10,16H,2-4,7H2,1H3. The zero-order valence-electron chi connectivity index (χ0n) is 10.5. The van der Waals surface area contributed by atoms with E-state index in [1.165, 1.54) is 10.9 Å². The number of aromatic amines is 1. The van der Waals surface area contributed by atoms with Gasteiger partial charge in [-0.1, -0.05) is 0 Å². The van der Waals surface area contributed by atoms with Crippen LogP contribution >= 0.6 is 0 Å². The molecule has 1 aliphatic rings. The van der Waals surface area contributed by atoms with E-state index in [1.54, 1.807) is 7.11 Å².